The third-order valence-electron chi connectivity index (χ3n) is 13.8. The molecule has 2 aliphatic rings. The second-order valence-electron chi connectivity index (χ2n) is 17.7. The quantitative estimate of drug-likeness (QED) is 0.0372. The standard InChI is InChI=1S/C52H68N2O12/c1-53(20-16-37-28-40(33-56)41(34-57)29-42(37)44(53)24-35-10-12-39(32-55)47(26-35)61-4)18-8-22-65-51(58)14-15-52(59)66-23-9-19-54(2)21-17-38-30-49(63-6)50(64-7)31-43(38)45(54)25-36-11-13-46(60-3)48(27-36)62-5/h10-15,26-31,44-45,55-57H,8-9,16-25,32-34H2,1-7H3/q+2. The van der Waals surface area contributed by atoms with Crippen molar-refractivity contribution < 1.29 is 67.0 Å². The van der Waals surface area contributed by atoms with E-state index in [1.165, 1.54) is 11.1 Å². The molecule has 4 unspecified atom stereocenters. The lowest BCUT2D eigenvalue weighted by Crippen LogP contribution is -2.52. The number of ether oxygens (including phenoxy) is 7. The van der Waals surface area contributed by atoms with Gasteiger partial charge >= 0.3 is 11.9 Å². The van der Waals surface area contributed by atoms with Gasteiger partial charge in [0.1, 0.15) is 17.8 Å². The van der Waals surface area contributed by atoms with Crippen LogP contribution >= 0.6 is 0 Å². The van der Waals surface area contributed by atoms with Gasteiger partial charge in [-0.1, -0.05) is 24.3 Å². The number of likely N-dealkylation sites (N-methyl/N-ethyl adjacent to an activating group) is 2. The van der Waals surface area contributed by atoms with E-state index < -0.39 is 11.9 Å². The van der Waals surface area contributed by atoms with Gasteiger partial charge in [0, 0.05) is 67.4 Å². The number of rotatable bonds is 22. The number of carbonyl (C=O) groups excluding carboxylic acids is 2. The molecule has 0 saturated heterocycles. The van der Waals surface area contributed by atoms with Crippen molar-refractivity contribution in [1.29, 1.82) is 0 Å². The van der Waals surface area contributed by atoms with E-state index in [-0.39, 0.29) is 45.1 Å². The summed E-state index contributed by atoms with van der Waals surface area (Å²) in [5.41, 5.74) is 8.93. The molecule has 0 aliphatic carbocycles. The second-order valence-corrected chi connectivity index (χ2v) is 17.7. The Morgan fingerprint density at radius 3 is 1.50 bits per heavy atom. The maximum absolute atomic E-state index is 12.8. The molecule has 0 saturated carbocycles. The van der Waals surface area contributed by atoms with Crippen LogP contribution in [-0.2, 0) is 64.6 Å². The van der Waals surface area contributed by atoms with E-state index in [0.717, 1.165) is 78.9 Å². The fraction of sp³-hybridized carbons (Fsp3) is 0.462. The van der Waals surface area contributed by atoms with Crippen molar-refractivity contribution in [2.45, 2.75) is 70.4 Å². The number of hydrogen-bond acceptors (Lipinski definition) is 12. The van der Waals surface area contributed by atoms with Crippen LogP contribution in [0.15, 0.2) is 72.8 Å². The minimum absolute atomic E-state index is 0.00625. The highest BCUT2D eigenvalue weighted by Gasteiger charge is 2.41. The van der Waals surface area contributed by atoms with E-state index in [1.54, 1.807) is 35.5 Å². The molecule has 14 nitrogen and oxygen atoms in total. The molecule has 0 bridgehead atoms. The third kappa shape index (κ3) is 11.5. The summed E-state index contributed by atoms with van der Waals surface area (Å²) in [6, 6.07) is 20.1. The fourth-order valence-corrected chi connectivity index (χ4v) is 9.91. The molecule has 0 aromatic heterocycles. The first-order chi connectivity index (χ1) is 31.9. The summed E-state index contributed by atoms with van der Waals surface area (Å²) >= 11 is 0. The van der Waals surface area contributed by atoms with Crippen LogP contribution in [0.2, 0.25) is 0 Å². The van der Waals surface area contributed by atoms with Crippen LogP contribution in [0.25, 0.3) is 0 Å². The first kappa shape index (κ1) is 49.8. The lowest BCUT2D eigenvalue weighted by atomic mass is 9.84. The Bertz CT molecular complexity index is 2190. The van der Waals surface area contributed by atoms with Gasteiger partial charge in [-0.15, -0.1) is 0 Å². The predicted molar refractivity (Wildman–Crippen MR) is 249 cm³/mol. The zero-order valence-electron chi connectivity index (χ0n) is 39.6. The number of hydrogen-bond donors (Lipinski definition) is 3. The lowest BCUT2D eigenvalue weighted by molar-refractivity contribution is -0.941. The molecule has 2 heterocycles. The SMILES string of the molecule is COc1cc(CC2c3cc(CO)c(CO)cc3CC[N+]2(C)CCCOC(=O)C=CC(=O)OCCC[N+]2(C)CCc3cc(OC)c(OC)cc3C2Cc2ccc(OC)c(OC)c2)ccc1CO. The Hall–Kier alpha value is -5.64. The molecule has 0 radical (unpaired) electrons. The first-order valence-corrected chi connectivity index (χ1v) is 22.6. The van der Waals surface area contributed by atoms with Gasteiger partial charge < -0.3 is 57.4 Å². The Labute approximate surface area is 389 Å². The van der Waals surface area contributed by atoms with Gasteiger partial charge in [0.15, 0.2) is 23.0 Å². The van der Waals surface area contributed by atoms with Gasteiger partial charge in [-0.3, -0.25) is 0 Å². The number of aliphatic hydroxyl groups is 3. The van der Waals surface area contributed by atoms with E-state index in [9.17, 15) is 24.9 Å². The summed E-state index contributed by atoms with van der Waals surface area (Å²) in [5.74, 6) is 2.10. The van der Waals surface area contributed by atoms with Gasteiger partial charge in [-0.05, 0) is 69.8 Å². The number of aliphatic hydroxyl groups excluding tert-OH is 3. The van der Waals surface area contributed by atoms with Crippen molar-refractivity contribution in [1.82, 2.24) is 0 Å². The summed E-state index contributed by atoms with van der Waals surface area (Å²) in [7, 11) is 12.6. The van der Waals surface area contributed by atoms with E-state index in [2.05, 4.69) is 32.3 Å². The predicted octanol–water partition coefficient (Wildman–Crippen LogP) is 5.90. The highest BCUT2D eigenvalue weighted by atomic mass is 16.5. The molecule has 66 heavy (non-hydrogen) atoms. The first-order valence-electron chi connectivity index (χ1n) is 22.6. The highest BCUT2D eigenvalue weighted by Crippen LogP contribution is 2.44. The molecular formula is C52H68N2O12+2. The van der Waals surface area contributed by atoms with Gasteiger partial charge in [-0.2, -0.15) is 0 Å². The molecule has 356 valence electrons. The Morgan fingerprint density at radius 2 is 0.985 bits per heavy atom. The molecule has 4 aromatic rings. The van der Waals surface area contributed by atoms with Crippen LogP contribution < -0.4 is 23.7 Å². The van der Waals surface area contributed by atoms with Crippen molar-refractivity contribution in [2.75, 3.05) is 89.0 Å². The number of carbonyl (C=O) groups is 2. The molecule has 0 amide bonds. The summed E-state index contributed by atoms with van der Waals surface area (Å²) < 4.78 is 40.6. The van der Waals surface area contributed by atoms with Crippen molar-refractivity contribution in [3.63, 3.8) is 0 Å². The largest absolute Gasteiger partial charge is 0.496 e. The number of esters is 2. The van der Waals surface area contributed by atoms with Crippen molar-refractivity contribution in [3.05, 3.63) is 123 Å². The van der Waals surface area contributed by atoms with Crippen LogP contribution in [0.4, 0.5) is 0 Å². The zero-order chi connectivity index (χ0) is 47.4. The topological polar surface area (TPSA) is 159 Å². The molecular weight excluding hydrogens is 845 g/mol. The normalized spacial score (nSPS) is 20.0. The molecule has 4 aromatic carbocycles. The van der Waals surface area contributed by atoms with Gasteiger partial charge in [-0.25, -0.2) is 9.59 Å². The van der Waals surface area contributed by atoms with Crippen LogP contribution in [0, 0.1) is 0 Å². The Balaban J connectivity index is 1.04. The summed E-state index contributed by atoms with van der Waals surface area (Å²) in [6.45, 7) is 3.03. The molecule has 4 atom stereocenters. The van der Waals surface area contributed by atoms with Crippen LogP contribution in [0.3, 0.4) is 0 Å². The molecule has 14 heteroatoms. The number of methoxy groups -OCH3 is 5. The number of quaternary nitrogens is 2. The Kier molecular flexibility index (Phi) is 17.1. The molecule has 2 aliphatic heterocycles. The maximum atomic E-state index is 12.8. The van der Waals surface area contributed by atoms with Gasteiger partial charge in [0.05, 0.1) is 109 Å². The minimum Gasteiger partial charge on any atom is -0.496 e. The number of benzene rings is 4. The van der Waals surface area contributed by atoms with Crippen LogP contribution in [0.5, 0.6) is 28.7 Å². The van der Waals surface area contributed by atoms with Gasteiger partial charge in [0.2, 0.25) is 0 Å². The number of nitrogens with zero attached hydrogens (tertiary/aromatic N) is 2. The summed E-state index contributed by atoms with van der Waals surface area (Å²) in [4.78, 5) is 25.6. The monoisotopic (exact) mass is 912 g/mol. The van der Waals surface area contributed by atoms with Crippen LogP contribution in [0.1, 0.15) is 75.0 Å². The van der Waals surface area contributed by atoms with E-state index in [4.69, 9.17) is 33.2 Å². The van der Waals surface area contributed by atoms with Crippen molar-refractivity contribution in [2.24, 2.45) is 0 Å². The molecule has 0 fully saturated rings. The van der Waals surface area contributed by atoms with E-state index in [0.29, 0.717) is 74.6 Å². The average molecular weight is 913 g/mol. The minimum atomic E-state index is -0.620. The average Bonchev–Trinajstić information content (AvgIpc) is 3.34. The van der Waals surface area contributed by atoms with E-state index in [1.807, 2.05) is 42.5 Å². The molecule has 3 N–H and O–H groups in total. The van der Waals surface area contributed by atoms with Crippen molar-refractivity contribution in [3.8, 4) is 28.7 Å². The second kappa shape index (κ2) is 22.7. The van der Waals surface area contributed by atoms with Crippen molar-refractivity contribution >= 4 is 11.9 Å². The molecule has 0 spiro atoms. The lowest BCUT2D eigenvalue weighted by Gasteiger charge is -2.46. The third-order valence-corrected chi connectivity index (χ3v) is 13.8. The summed E-state index contributed by atoms with van der Waals surface area (Å²) in [6.07, 6.45) is 6.45. The van der Waals surface area contributed by atoms with Gasteiger partial charge in [0.25, 0.3) is 0 Å². The molecule has 6 rings (SSSR count). The number of fused-ring (bicyclic) bond motifs is 2. The van der Waals surface area contributed by atoms with E-state index >= 15 is 0 Å². The fourth-order valence-electron chi connectivity index (χ4n) is 9.91. The Morgan fingerprint density at radius 1 is 0.545 bits per heavy atom. The zero-order valence-corrected chi connectivity index (χ0v) is 39.6. The maximum Gasteiger partial charge on any atom is 0.331 e. The van der Waals surface area contributed by atoms with Crippen LogP contribution in [-0.4, -0.2) is 125 Å². The summed E-state index contributed by atoms with van der Waals surface area (Å²) in [5, 5.41) is 30.0. The smallest absolute Gasteiger partial charge is 0.331 e. The highest BCUT2D eigenvalue weighted by molar-refractivity contribution is 5.91.